The lowest BCUT2D eigenvalue weighted by Gasteiger charge is -2.25. The highest BCUT2D eigenvalue weighted by molar-refractivity contribution is 5.93. The molecule has 0 radical (unpaired) electrons. The molecule has 0 aliphatic rings. The molecule has 2 rings (SSSR count). The van der Waals surface area contributed by atoms with Gasteiger partial charge in [0.25, 0.3) is 0 Å². The van der Waals surface area contributed by atoms with E-state index >= 15 is 0 Å². The Morgan fingerprint density at radius 3 is 2.19 bits per heavy atom. The molecule has 0 aliphatic carbocycles. The molecule has 4 nitrogen and oxygen atoms in total. The number of hydrogen-bond acceptors (Lipinski definition) is 2. The zero-order valence-electron chi connectivity index (χ0n) is 16.0. The van der Waals surface area contributed by atoms with Gasteiger partial charge in [-0.3, -0.25) is 9.59 Å². The van der Waals surface area contributed by atoms with E-state index in [1.807, 2.05) is 61.5 Å². The highest BCUT2D eigenvalue weighted by Crippen LogP contribution is 2.27. The van der Waals surface area contributed by atoms with Gasteiger partial charge in [0, 0.05) is 25.6 Å². The van der Waals surface area contributed by atoms with Crippen LogP contribution >= 0.6 is 0 Å². The summed E-state index contributed by atoms with van der Waals surface area (Å²) in [6, 6.07) is 17.7. The summed E-state index contributed by atoms with van der Waals surface area (Å²) in [4.78, 5) is 26.2. The monoisotopic (exact) mass is 352 g/mol. The second-order valence-corrected chi connectivity index (χ2v) is 6.83. The standard InChI is InChI=1S/C22H28N2O2/c1-16(2)20-12-8-9-13-21(20)24(18(4)25)15-14-22(26)23-17(3)19-10-6-5-7-11-19/h5-13,16-17H,14-15H2,1-4H3,(H,23,26). The van der Waals surface area contributed by atoms with Crippen molar-refractivity contribution in [2.75, 3.05) is 11.4 Å². The molecule has 138 valence electrons. The lowest BCUT2D eigenvalue weighted by Crippen LogP contribution is -2.35. The zero-order chi connectivity index (χ0) is 19.1. The van der Waals surface area contributed by atoms with Crippen molar-refractivity contribution in [2.45, 2.75) is 46.1 Å². The Morgan fingerprint density at radius 1 is 0.962 bits per heavy atom. The third-order valence-corrected chi connectivity index (χ3v) is 4.47. The van der Waals surface area contributed by atoms with Gasteiger partial charge in [-0.2, -0.15) is 0 Å². The third kappa shape index (κ3) is 5.19. The van der Waals surface area contributed by atoms with E-state index in [4.69, 9.17) is 0 Å². The number of hydrogen-bond donors (Lipinski definition) is 1. The Balaban J connectivity index is 2.03. The maximum absolute atomic E-state index is 12.4. The molecule has 0 saturated carbocycles. The number of para-hydroxylation sites is 1. The van der Waals surface area contributed by atoms with Gasteiger partial charge in [-0.1, -0.05) is 62.4 Å². The Bertz CT molecular complexity index is 741. The summed E-state index contributed by atoms with van der Waals surface area (Å²) >= 11 is 0. The van der Waals surface area contributed by atoms with Crippen LogP contribution in [0.4, 0.5) is 5.69 Å². The first kappa shape index (κ1) is 19.7. The molecule has 0 fully saturated rings. The van der Waals surface area contributed by atoms with Crippen LogP contribution in [0.1, 0.15) is 57.2 Å². The molecule has 0 aliphatic heterocycles. The Hall–Kier alpha value is -2.62. The molecule has 0 saturated heterocycles. The maximum atomic E-state index is 12.4. The molecular weight excluding hydrogens is 324 g/mol. The summed E-state index contributed by atoms with van der Waals surface area (Å²) in [5, 5.41) is 3.00. The molecule has 2 aromatic carbocycles. The number of amides is 2. The molecule has 26 heavy (non-hydrogen) atoms. The van der Waals surface area contributed by atoms with Crippen molar-refractivity contribution in [1.29, 1.82) is 0 Å². The van der Waals surface area contributed by atoms with Gasteiger partial charge >= 0.3 is 0 Å². The van der Waals surface area contributed by atoms with Gasteiger partial charge in [0.2, 0.25) is 11.8 Å². The van der Waals surface area contributed by atoms with Crippen molar-refractivity contribution in [3.63, 3.8) is 0 Å². The number of benzene rings is 2. The third-order valence-electron chi connectivity index (χ3n) is 4.47. The van der Waals surface area contributed by atoms with Crippen molar-refractivity contribution in [2.24, 2.45) is 0 Å². The molecule has 1 unspecified atom stereocenters. The van der Waals surface area contributed by atoms with E-state index in [2.05, 4.69) is 19.2 Å². The van der Waals surface area contributed by atoms with Crippen molar-refractivity contribution < 1.29 is 9.59 Å². The first-order chi connectivity index (χ1) is 12.4. The molecule has 0 heterocycles. The molecule has 2 aromatic rings. The van der Waals surface area contributed by atoms with Gasteiger partial charge in [-0.25, -0.2) is 0 Å². The average molecular weight is 352 g/mol. The molecule has 2 amide bonds. The summed E-state index contributed by atoms with van der Waals surface area (Å²) in [6.07, 6.45) is 0.267. The number of nitrogens with one attached hydrogen (secondary N) is 1. The van der Waals surface area contributed by atoms with Gasteiger partial charge in [0.1, 0.15) is 0 Å². The van der Waals surface area contributed by atoms with Crippen molar-refractivity contribution in [3.8, 4) is 0 Å². The quantitative estimate of drug-likeness (QED) is 0.801. The predicted octanol–water partition coefficient (Wildman–Crippen LogP) is 4.43. The maximum Gasteiger partial charge on any atom is 0.223 e. The fourth-order valence-electron chi connectivity index (χ4n) is 3.02. The molecule has 4 heteroatoms. The van der Waals surface area contributed by atoms with Crippen LogP contribution in [-0.2, 0) is 9.59 Å². The Kier molecular flexibility index (Phi) is 6.96. The van der Waals surface area contributed by atoms with Crippen LogP contribution in [0.25, 0.3) is 0 Å². The second kappa shape index (κ2) is 9.18. The highest BCUT2D eigenvalue weighted by atomic mass is 16.2. The molecule has 0 spiro atoms. The lowest BCUT2D eigenvalue weighted by atomic mass is 10.00. The molecule has 1 atom stereocenters. The van der Waals surface area contributed by atoms with Crippen LogP contribution in [0, 0.1) is 0 Å². The number of carbonyl (C=O) groups is 2. The first-order valence-corrected chi connectivity index (χ1v) is 9.11. The van der Waals surface area contributed by atoms with Gasteiger partial charge in [-0.05, 0) is 30.0 Å². The molecule has 0 bridgehead atoms. The summed E-state index contributed by atoms with van der Waals surface area (Å²) in [7, 11) is 0. The topological polar surface area (TPSA) is 49.4 Å². The summed E-state index contributed by atoms with van der Waals surface area (Å²) in [6.45, 7) is 8.08. The SMILES string of the molecule is CC(=O)N(CCC(=O)NC(C)c1ccccc1)c1ccccc1C(C)C. The van der Waals surface area contributed by atoms with Crippen LogP contribution < -0.4 is 10.2 Å². The minimum absolute atomic E-state index is 0.0537. The van der Waals surface area contributed by atoms with Gasteiger partial charge < -0.3 is 10.2 Å². The largest absolute Gasteiger partial charge is 0.350 e. The Labute approximate surface area is 156 Å². The minimum atomic E-state index is -0.0605. The van der Waals surface area contributed by atoms with Crippen LogP contribution in [0.15, 0.2) is 54.6 Å². The van der Waals surface area contributed by atoms with Gasteiger partial charge in [0.05, 0.1) is 6.04 Å². The van der Waals surface area contributed by atoms with E-state index in [0.717, 1.165) is 16.8 Å². The fourth-order valence-corrected chi connectivity index (χ4v) is 3.02. The van der Waals surface area contributed by atoms with E-state index < -0.39 is 0 Å². The zero-order valence-corrected chi connectivity index (χ0v) is 16.0. The van der Waals surface area contributed by atoms with E-state index in [0.29, 0.717) is 12.5 Å². The normalized spacial score (nSPS) is 11.9. The smallest absolute Gasteiger partial charge is 0.223 e. The average Bonchev–Trinajstić information content (AvgIpc) is 2.62. The first-order valence-electron chi connectivity index (χ1n) is 9.11. The van der Waals surface area contributed by atoms with Crippen molar-refractivity contribution in [3.05, 3.63) is 65.7 Å². The lowest BCUT2D eigenvalue weighted by molar-refractivity contribution is -0.121. The highest BCUT2D eigenvalue weighted by Gasteiger charge is 2.18. The van der Waals surface area contributed by atoms with E-state index in [1.54, 1.807) is 11.8 Å². The summed E-state index contributed by atoms with van der Waals surface area (Å²) < 4.78 is 0. The summed E-state index contributed by atoms with van der Waals surface area (Å²) in [5.74, 6) is 0.191. The Morgan fingerprint density at radius 2 is 1.58 bits per heavy atom. The summed E-state index contributed by atoms with van der Waals surface area (Å²) in [5.41, 5.74) is 3.06. The van der Waals surface area contributed by atoms with E-state index in [-0.39, 0.29) is 24.3 Å². The number of anilines is 1. The number of carbonyl (C=O) groups excluding carboxylic acids is 2. The molecular formula is C22H28N2O2. The predicted molar refractivity (Wildman–Crippen MR) is 106 cm³/mol. The van der Waals surface area contributed by atoms with Crippen molar-refractivity contribution >= 4 is 17.5 Å². The van der Waals surface area contributed by atoms with Crippen molar-refractivity contribution in [1.82, 2.24) is 5.32 Å². The molecule has 1 N–H and O–H groups in total. The van der Waals surface area contributed by atoms with E-state index in [9.17, 15) is 9.59 Å². The van der Waals surface area contributed by atoms with Crippen LogP contribution in [-0.4, -0.2) is 18.4 Å². The fraction of sp³-hybridized carbons (Fsp3) is 0.364. The van der Waals surface area contributed by atoms with Gasteiger partial charge in [0.15, 0.2) is 0 Å². The second-order valence-electron chi connectivity index (χ2n) is 6.83. The van der Waals surface area contributed by atoms with E-state index in [1.165, 1.54) is 0 Å². The van der Waals surface area contributed by atoms with Crippen LogP contribution in [0.5, 0.6) is 0 Å². The van der Waals surface area contributed by atoms with Gasteiger partial charge in [-0.15, -0.1) is 0 Å². The minimum Gasteiger partial charge on any atom is -0.350 e. The molecule has 0 aromatic heterocycles. The van der Waals surface area contributed by atoms with Crippen LogP contribution in [0.2, 0.25) is 0 Å². The van der Waals surface area contributed by atoms with Crippen LogP contribution in [0.3, 0.4) is 0 Å². The number of nitrogens with zero attached hydrogens (tertiary/aromatic N) is 1. The number of rotatable bonds is 7.